The minimum Gasteiger partial charge on any atom is -0.496 e. The predicted octanol–water partition coefficient (Wildman–Crippen LogP) is 14.1. The number of nitrogens with zero attached hydrogens (tertiary/aromatic N) is 24. The van der Waals surface area contributed by atoms with E-state index in [1.165, 1.54) is 4.57 Å². The Balaban J connectivity index is 0.000000189. The number of imidazole rings is 4. The number of hydrogen-bond acceptors (Lipinski definition) is 25. The van der Waals surface area contributed by atoms with E-state index in [1.54, 1.807) is 57.7 Å². The van der Waals surface area contributed by atoms with Crippen molar-refractivity contribution in [3.8, 4) is 5.75 Å². The van der Waals surface area contributed by atoms with Crippen LogP contribution >= 0.6 is 96.5 Å². The second kappa shape index (κ2) is 42.6. The lowest BCUT2D eigenvalue weighted by atomic mass is 10.1. The van der Waals surface area contributed by atoms with E-state index in [0.717, 1.165) is 69.7 Å². The van der Waals surface area contributed by atoms with Crippen molar-refractivity contribution in [3.05, 3.63) is 168 Å². The van der Waals surface area contributed by atoms with Crippen LogP contribution in [0, 0.1) is 59.0 Å². The predicted molar refractivity (Wildman–Crippen MR) is 516 cm³/mol. The minimum absolute atomic E-state index is 0.0148. The number of ether oxygens (including phenoxy) is 1. The summed E-state index contributed by atoms with van der Waals surface area (Å²) in [5, 5.41) is 1.31. The Labute approximate surface area is 776 Å². The Kier molecular flexibility index (Phi) is 34.2. The van der Waals surface area contributed by atoms with Crippen LogP contribution in [0.4, 0.5) is 23.8 Å². The van der Waals surface area contributed by atoms with Crippen LogP contribution in [-0.2, 0) is 52.4 Å². The molecule has 0 unspecified atom stereocenters. The maximum absolute atomic E-state index is 13.5. The molecule has 12 aromatic heterocycles. The molecule has 33 nitrogen and oxygen atoms in total. The van der Waals surface area contributed by atoms with E-state index in [1.807, 2.05) is 61.6 Å². The molecule has 8 N–H and O–H groups in total. The zero-order valence-electron chi connectivity index (χ0n) is 76.1. The zero-order valence-corrected chi connectivity index (χ0v) is 83.7. The summed E-state index contributed by atoms with van der Waals surface area (Å²) in [5.74, 6) is 0.858. The first-order valence-electron chi connectivity index (χ1n) is 41.7. The average Bonchev–Trinajstić information content (AvgIpc) is 1.62. The van der Waals surface area contributed by atoms with Crippen molar-refractivity contribution in [1.82, 2.24) is 116 Å². The molecular formula is C85H119BrCl5IN28O5. The van der Waals surface area contributed by atoms with Gasteiger partial charge in [-0.15, -0.1) is 0 Å². The van der Waals surface area contributed by atoms with Crippen molar-refractivity contribution in [1.29, 1.82) is 0 Å². The summed E-state index contributed by atoms with van der Waals surface area (Å²) in [7, 11) is 1.63. The van der Waals surface area contributed by atoms with Crippen LogP contribution in [0.15, 0.2) is 48.4 Å². The zero-order chi connectivity index (χ0) is 92.8. The number of aryl methyl sites for hydroxylation is 4. The second-order valence-corrected chi connectivity index (χ2v) is 37.2. The Morgan fingerprint density at radius 3 is 0.864 bits per heavy atom. The molecule has 678 valence electrons. The van der Waals surface area contributed by atoms with Crippen LogP contribution in [0.25, 0.3) is 44.7 Å². The first-order chi connectivity index (χ1) is 58.6. The van der Waals surface area contributed by atoms with E-state index in [2.05, 4.69) is 229 Å². The van der Waals surface area contributed by atoms with Gasteiger partial charge in [-0.3, -0.25) is 76.1 Å². The van der Waals surface area contributed by atoms with Crippen molar-refractivity contribution < 1.29 is 4.74 Å². The summed E-state index contributed by atoms with van der Waals surface area (Å²) in [5.41, 5.74) is 36.9. The number of pyridine rings is 4. The lowest BCUT2D eigenvalue weighted by Crippen LogP contribution is -2.40. The van der Waals surface area contributed by atoms with Gasteiger partial charge in [0.1, 0.15) is 27.8 Å². The Morgan fingerprint density at radius 2 is 0.592 bits per heavy atom. The smallest absolute Gasteiger partial charge is 0.330 e. The van der Waals surface area contributed by atoms with Gasteiger partial charge in [0.2, 0.25) is 23.8 Å². The summed E-state index contributed by atoms with van der Waals surface area (Å²) in [6.45, 7) is 55.5. The van der Waals surface area contributed by atoms with Crippen molar-refractivity contribution in [3.63, 3.8) is 0 Å². The molecule has 0 aliphatic heterocycles. The number of rotatable bonds is 29. The normalized spacial score (nSPS) is 12.1. The van der Waals surface area contributed by atoms with E-state index in [0.29, 0.717) is 162 Å². The molecule has 125 heavy (non-hydrogen) atoms. The van der Waals surface area contributed by atoms with Gasteiger partial charge in [-0.1, -0.05) is 73.9 Å². The average molecular weight is 2000 g/mol. The minimum atomic E-state index is -0.234. The van der Waals surface area contributed by atoms with Crippen LogP contribution < -0.4 is 50.4 Å². The van der Waals surface area contributed by atoms with Crippen LogP contribution in [0.5, 0.6) is 5.75 Å². The standard InChI is InChI=1S/C22H32ClN7O2.C21H29BrClN7O.C21H29Cl2N7O.C21H29ClIN7O/c1-12(2)28(13(3)4)8-9-29-17-19(23)26-21(24)27-20(17)30(22(29)31)11-16-15(6)18(32-7)14(5)10-25-16;2*1-11(2)28(12(3)4)7-8-29-17-18(23)26-20(24)27-19(17)30(21(29)31)10-15-14(6)16(22)13(5)9-25-15;1-11(2)28(12(3)4)7-8-29-17-18(22)26-20(24)27-19(17)30(21(29)31)10-15-14(6)16(23)13(5)9-25-15/h10,12-13H,8-9,11H2,1-7H3,(H2,24,26,27);3*9,11-12H,7-8,10H2,1-6H3,(H2,24,26,27). The van der Waals surface area contributed by atoms with E-state index < -0.39 is 0 Å². The number of aromatic nitrogens is 20. The molecule has 12 rings (SSSR count). The molecule has 12 aromatic rings. The Hall–Kier alpha value is -8.50. The van der Waals surface area contributed by atoms with Gasteiger partial charge in [-0.2, -0.15) is 39.9 Å². The van der Waals surface area contributed by atoms with Crippen LogP contribution in [0.1, 0.15) is 178 Å². The number of anilines is 4. The summed E-state index contributed by atoms with van der Waals surface area (Å²) >= 11 is 38.0. The molecule has 0 aromatic carbocycles. The second-order valence-electron chi connectivity index (χ2n) is 33.5. The summed E-state index contributed by atoms with van der Waals surface area (Å²) in [4.78, 5) is 115. The quantitative estimate of drug-likeness (QED) is 0.0250. The summed E-state index contributed by atoms with van der Waals surface area (Å²) < 4.78 is 20.5. The molecule has 0 bridgehead atoms. The highest BCUT2D eigenvalue weighted by Gasteiger charge is 2.29. The lowest BCUT2D eigenvalue weighted by Gasteiger charge is -2.30. The van der Waals surface area contributed by atoms with Crippen molar-refractivity contribution in [2.45, 2.75) is 267 Å². The first-order valence-corrected chi connectivity index (χ1v) is 45.4. The number of halogens is 7. The van der Waals surface area contributed by atoms with E-state index in [9.17, 15) is 19.2 Å². The lowest BCUT2D eigenvalue weighted by molar-refractivity contribution is 0.168. The van der Waals surface area contributed by atoms with Crippen molar-refractivity contribution >= 4 is 165 Å². The van der Waals surface area contributed by atoms with Gasteiger partial charge in [-0.05, 0) is 222 Å². The van der Waals surface area contributed by atoms with Gasteiger partial charge in [0.15, 0.2) is 43.2 Å². The highest BCUT2D eigenvalue weighted by Crippen LogP contribution is 2.32. The monoisotopic (exact) mass is 1990 g/mol. The number of nitrogen functional groups attached to an aromatic ring is 4. The molecular weight excluding hydrogens is 1880 g/mol. The fraction of sp³-hybridized carbons (Fsp3) is 0.529. The molecule has 12 heterocycles. The Morgan fingerprint density at radius 1 is 0.352 bits per heavy atom. The molecule has 0 atom stereocenters. The fourth-order valence-electron chi connectivity index (χ4n) is 16.0. The molecule has 0 saturated carbocycles. The molecule has 0 spiro atoms. The third-order valence-corrected chi connectivity index (χ3v) is 27.0. The van der Waals surface area contributed by atoms with Gasteiger partial charge in [0.05, 0.1) is 56.1 Å². The summed E-state index contributed by atoms with van der Waals surface area (Å²) in [6, 6.07) is 2.77. The first kappa shape index (κ1) is 100. The van der Waals surface area contributed by atoms with Crippen LogP contribution in [0.3, 0.4) is 0 Å². The van der Waals surface area contributed by atoms with E-state index in [-0.39, 0.29) is 93.3 Å². The van der Waals surface area contributed by atoms with Gasteiger partial charge in [0, 0.05) is 150 Å². The molecule has 0 radical (unpaired) electrons. The topological polar surface area (TPSA) is 389 Å². The summed E-state index contributed by atoms with van der Waals surface area (Å²) in [6.07, 6.45) is 7.06. The van der Waals surface area contributed by atoms with Gasteiger partial charge < -0.3 is 27.7 Å². The molecule has 0 aliphatic carbocycles. The molecule has 0 amide bonds. The van der Waals surface area contributed by atoms with Gasteiger partial charge in [-0.25, -0.2) is 19.2 Å². The molecule has 0 saturated heterocycles. The molecule has 0 fully saturated rings. The molecule has 40 heteroatoms. The number of hydrogen-bond donors (Lipinski definition) is 4. The Bertz CT molecular complexity index is 5700. The third kappa shape index (κ3) is 22.4. The number of fused-ring (bicyclic) bond motifs is 4. The molecule has 0 aliphatic rings. The van der Waals surface area contributed by atoms with E-state index in [4.69, 9.17) is 85.7 Å². The number of nitrogens with two attached hydrogens (primary N) is 4. The SMILES string of the molecule is COc1c(C)cnc(Cn2c(=O)n(CCN(C(C)C)C(C)C)c3c(Cl)nc(N)nc32)c1C.Cc1cnc(Cn2c(=O)n(CCN(C(C)C)C(C)C)c3c(Cl)nc(N)nc32)c(C)c1Br.Cc1cnc(Cn2c(=O)n(CCN(C(C)C)C(C)C)c3c(Cl)nc(N)nc32)c(C)c1Cl.Cc1cnc(Cn2c(=O)n(CCN(C(C)C)C(C)C)c3c(Cl)nc(N)nc32)c(C)c1I. The van der Waals surface area contributed by atoms with Gasteiger partial charge >= 0.3 is 22.8 Å². The third-order valence-electron chi connectivity index (χ3n) is 22.5. The van der Waals surface area contributed by atoms with Crippen molar-refractivity contribution in [2.75, 3.05) is 56.2 Å². The van der Waals surface area contributed by atoms with Crippen LogP contribution in [0.2, 0.25) is 25.6 Å². The van der Waals surface area contributed by atoms with Gasteiger partial charge in [0.25, 0.3) is 0 Å². The highest BCUT2D eigenvalue weighted by atomic mass is 127. The largest absolute Gasteiger partial charge is 0.496 e. The number of methoxy groups -OCH3 is 1. The van der Waals surface area contributed by atoms with Crippen molar-refractivity contribution in [2.24, 2.45) is 0 Å². The van der Waals surface area contributed by atoms with Crippen LogP contribution in [-0.4, -0.2) is 198 Å². The van der Waals surface area contributed by atoms with E-state index >= 15 is 0 Å². The maximum atomic E-state index is 13.5. The fourth-order valence-corrected chi connectivity index (χ4v) is 18.0. The highest BCUT2D eigenvalue weighted by molar-refractivity contribution is 14.1. The maximum Gasteiger partial charge on any atom is 0.330 e.